The summed E-state index contributed by atoms with van der Waals surface area (Å²) in [6, 6.07) is 8.66. The zero-order valence-electron chi connectivity index (χ0n) is 15.3. The van der Waals surface area contributed by atoms with Gasteiger partial charge in [0, 0.05) is 11.8 Å². The van der Waals surface area contributed by atoms with E-state index in [-0.39, 0.29) is 11.8 Å². The van der Waals surface area contributed by atoms with Gasteiger partial charge in [-0.25, -0.2) is 5.01 Å². The number of hydrogen-bond donors (Lipinski definition) is 0. The van der Waals surface area contributed by atoms with Gasteiger partial charge >= 0.3 is 0 Å². The average Bonchev–Trinajstić information content (AvgIpc) is 2.66. The van der Waals surface area contributed by atoms with Crippen LogP contribution >= 0.6 is 0 Å². The number of aryl methyl sites for hydroxylation is 1. The quantitative estimate of drug-likeness (QED) is 0.840. The van der Waals surface area contributed by atoms with E-state index in [9.17, 15) is 4.79 Å². The molecule has 2 heterocycles. The summed E-state index contributed by atoms with van der Waals surface area (Å²) in [5, 5.41) is 6.68. The molecule has 1 aliphatic carbocycles. The SMILES string of the molecule is Cc1ccc(C2=NN(CN3CCCCC3)C(=O)[C@H]3CCCC[C@H]23)cc1. The maximum atomic E-state index is 13.1. The third-order valence-electron chi connectivity index (χ3n) is 6.05. The molecule has 1 saturated heterocycles. The van der Waals surface area contributed by atoms with Gasteiger partial charge in [-0.05, 0) is 51.3 Å². The Hall–Kier alpha value is -1.68. The van der Waals surface area contributed by atoms with Gasteiger partial charge in [-0.15, -0.1) is 0 Å². The van der Waals surface area contributed by atoms with Crippen molar-refractivity contribution in [2.24, 2.45) is 16.9 Å². The van der Waals surface area contributed by atoms with Gasteiger partial charge in [0.1, 0.15) is 0 Å². The number of amides is 1. The largest absolute Gasteiger partial charge is 0.284 e. The number of hydrazone groups is 1. The molecule has 1 amide bonds. The number of rotatable bonds is 3. The molecule has 134 valence electrons. The van der Waals surface area contributed by atoms with Crippen molar-refractivity contribution in [3.63, 3.8) is 0 Å². The van der Waals surface area contributed by atoms with Crippen molar-refractivity contribution in [1.29, 1.82) is 0 Å². The predicted octanol–water partition coefficient (Wildman–Crippen LogP) is 3.79. The fraction of sp³-hybridized carbons (Fsp3) is 0.619. The number of carbonyl (C=O) groups excluding carboxylic acids is 1. The molecule has 0 bridgehead atoms. The molecule has 25 heavy (non-hydrogen) atoms. The summed E-state index contributed by atoms with van der Waals surface area (Å²) in [5.41, 5.74) is 3.60. The summed E-state index contributed by atoms with van der Waals surface area (Å²) >= 11 is 0. The maximum absolute atomic E-state index is 13.1. The van der Waals surface area contributed by atoms with E-state index in [0.717, 1.165) is 31.6 Å². The van der Waals surface area contributed by atoms with Gasteiger partial charge in [0.2, 0.25) is 5.91 Å². The lowest BCUT2D eigenvalue weighted by Crippen LogP contribution is -2.50. The van der Waals surface area contributed by atoms with Crippen molar-refractivity contribution in [1.82, 2.24) is 9.91 Å². The van der Waals surface area contributed by atoms with Crippen LogP contribution in [0.15, 0.2) is 29.4 Å². The Morgan fingerprint density at radius 3 is 2.36 bits per heavy atom. The molecule has 2 aliphatic heterocycles. The molecule has 1 aromatic rings. The summed E-state index contributed by atoms with van der Waals surface area (Å²) in [6.07, 6.45) is 8.29. The Morgan fingerprint density at radius 1 is 0.960 bits per heavy atom. The topological polar surface area (TPSA) is 35.9 Å². The van der Waals surface area contributed by atoms with Crippen molar-refractivity contribution in [3.8, 4) is 0 Å². The van der Waals surface area contributed by atoms with Gasteiger partial charge in [0.15, 0.2) is 0 Å². The molecule has 0 aromatic heterocycles. The van der Waals surface area contributed by atoms with Crippen LogP contribution in [0.25, 0.3) is 0 Å². The molecule has 2 atom stereocenters. The molecule has 1 saturated carbocycles. The van der Waals surface area contributed by atoms with E-state index in [1.165, 1.54) is 43.2 Å². The first-order valence-corrected chi connectivity index (χ1v) is 9.91. The van der Waals surface area contributed by atoms with E-state index in [2.05, 4.69) is 36.1 Å². The molecule has 0 unspecified atom stereocenters. The molecule has 0 spiro atoms. The fourth-order valence-corrected chi connectivity index (χ4v) is 4.59. The lowest BCUT2D eigenvalue weighted by Gasteiger charge is -2.40. The Kier molecular flexibility index (Phi) is 4.89. The minimum Gasteiger partial charge on any atom is -0.284 e. The number of benzene rings is 1. The Morgan fingerprint density at radius 2 is 1.64 bits per heavy atom. The second-order valence-corrected chi connectivity index (χ2v) is 7.91. The lowest BCUT2D eigenvalue weighted by atomic mass is 9.73. The van der Waals surface area contributed by atoms with Crippen molar-refractivity contribution in [3.05, 3.63) is 35.4 Å². The molecular weight excluding hydrogens is 310 g/mol. The van der Waals surface area contributed by atoms with Crippen molar-refractivity contribution in [2.45, 2.75) is 51.9 Å². The van der Waals surface area contributed by atoms with Crippen LogP contribution in [0.4, 0.5) is 0 Å². The van der Waals surface area contributed by atoms with Crippen LogP contribution in [0.5, 0.6) is 0 Å². The molecule has 4 heteroatoms. The van der Waals surface area contributed by atoms with E-state index >= 15 is 0 Å². The monoisotopic (exact) mass is 339 g/mol. The van der Waals surface area contributed by atoms with Gasteiger partial charge in [0.25, 0.3) is 0 Å². The van der Waals surface area contributed by atoms with Crippen molar-refractivity contribution >= 4 is 11.6 Å². The van der Waals surface area contributed by atoms with Crippen LogP contribution in [-0.4, -0.2) is 41.3 Å². The normalized spacial score (nSPS) is 27.8. The second-order valence-electron chi connectivity index (χ2n) is 7.91. The minimum atomic E-state index is 0.132. The highest BCUT2D eigenvalue weighted by Crippen LogP contribution is 2.37. The third kappa shape index (κ3) is 3.50. The zero-order valence-corrected chi connectivity index (χ0v) is 15.3. The summed E-state index contributed by atoms with van der Waals surface area (Å²) in [7, 11) is 0. The Labute approximate surface area is 150 Å². The van der Waals surface area contributed by atoms with Gasteiger partial charge in [-0.1, -0.05) is 49.1 Å². The fourth-order valence-electron chi connectivity index (χ4n) is 4.59. The molecule has 4 nitrogen and oxygen atoms in total. The number of carbonyl (C=O) groups is 1. The van der Waals surface area contributed by atoms with Crippen molar-refractivity contribution < 1.29 is 4.79 Å². The first kappa shape index (κ1) is 16.8. The van der Waals surface area contributed by atoms with E-state index < -0.39 is 0 Å². The molecule has 3 aliphatic rings. The minimum absolute atomic E-state index is 0.132. The van der Waals surface area contributed by atoms with Crippen LogP contribution < -0.4 is 0 Å². The molecule has 0 N–H and O–H groups in total. The number of hydrogen-bond acceptors (Lipinski definition) is 3. The summed E-state index contributed by atoms with van der Waals surface area (Å²) in [6.45, 7) is 4.96. The lowest BCUT2D eigenvalue weighted by molar-refractivity contribution is -0.141. The van der Waals surface area contributed by atoms with Crippen molar-refractivity contribution in [2.75, 3.05) is 19.8 Å². The van der Waals surface area contributed by atoms with E-state index in [4.69, 9.17) is 5.10 Å². The van der Waals surface area contributed by atoms with Crippen LogP contribution in [0, 0.1) is 18.8 Å². The van der Waals surface area contributed by atoms with Crippen LogP contribution in [0.2, 0.25) is 0 Å². The smallest absolute Gasteiger partial charge is 0.247 e. The Balaban J connectivity index is 1.64. The highest BCUT2D eigenvalue weighted by atomic mass is 16.2. The van der Waals surface area contributed by atoms with E-state index in [0.29, 0.717) is 12.6 Å². The Bertz CT molecular complexity index is 646. The average molecular weight is 339 g/mol. The maximum Gasteiger partial charge on any atom is 0.247 e. The molecule has 4 rings (SSSR count). The van der Waals surface area contributed by atoms with E-state index in [1.807, 2.05) is 0 Å². The number of fused-ring (bicyclic) bond motifs is 1. The van der Waals surface area contributed by atoms with Gasteiger partial charge in [-0.3, -0.25) is 9.69 Å². The van der Waals surface area contributed by atoms with Gasteiger partial charge in [0.05, 0.1) is 12.4 Å². The highest BCUT2D eigenvalue weighted by molar-refractivity contribution is 6.06. The van der Waals surface area contributed by atoms with Crippen LogP contribution in [0.3, 0.4) is 0 Å². The predicted molar refractivity (Wildman–Crippen MR) is 100 cm³/mol. The van der Waals surface area contributed by atoms with Gasteiger partial charge < -0.3 is 0 Å². The first-order valence-electron chi connectivity index (χ1n) is 9.91. The molecule has 1 aromatic carbocycles. The molecule has 0 radical (unpaired) electrons. The van der Waals surface area contributed by atoms with E-state index in [1.54, 1.807) is 5.01 Å². The standard InChI is InChI=1S/C21H29N3O/c1-16-9-11-17(12-10-16)20-18-7-3-4-8-19(18)21(25)24(22-20)15-23-13-5-2-6-14-23/h9-12,18-19H,2-8,13-15H2,1H3/t18-,19-/m0/s1. The van der Waals surface area contributed by atoms with Crippen LogP contribution in [0.1, 0.15) is 56.1 Å². The number of nitrogens with zero attached hydrogens (tertiary/aromatic N) is 3. The molecular formula is C21H29N3O. The summed E-state index contributed by atoms with van der Waals surface area (Å²) in [5.74, 6) is 0.694. The zero-order chi connectivity index (χ0) is 17.2. The second kappa shape index (κ2) is 7.28. The number of likely N-dealkylation sites (tertiary alicyclic amines) is 1. The molecule has 2 fully saturated rings. The summed E-state index contributed by atoms with van der Waals surface area (Å²) < 4.78 is 0. The summed E-state index contributed by atoms with van der Waals surface area (Å²) in [4.78, 5) is 15.4. The highest BCUT2D eigenvalue weighted by Gasteiger charge is 2.41. The van der Waals surface area contributed by atoms with Gasteiger partial charge in [-0.2, -0.15) is 5.10 Å². The first-order chi connectivity index (χ1) is 12.2. The number of piperidine rings is 1. The van der Waals surface area contributed by atoms with Crippen LogP contribution in [-0.2, 0) is 4.79 Å². The third-order valence-corrected chi connectivity index (χ3v) is 6.05.